The molecule has 1 nitrogen and oxygen atoms in total. The highest BCUT2D eigenvalue weighted by Crippen LogP contribution is 2.34. The Kier molecular flexibility index (Phi) is 4.05. The van der Waals surface area contributed by atoms with Gasteiger partial charge in [-0.1, -0.05) is 60.9 Å². The molecular formula is C19H23N. The largest absolute Gasteiger partial charge is 0.382 e. The average Bonchev–Trinajstić information content (AvgIpc) is 2.51. The van der Waals surface area contributed by atoms with Crippen LogP contribution in [0, 0.1) is 6.92 Å². The van der Waals surface area contributed by atoms with Gasteiger partial charge < -0.3 is 5.32 Å². The Labute approximate surface area is 122 Å². The molecule has 2 atom stereocenters. The number of aryl methyl sites for hydroxylation is 1. The molecule has 0 amide bonds. The molecule has 1 saturated carbocycles. The predicted octanol–water partition coefficient (Wildman–Crippen LogP) is 5.13. The fourth-order valence-electron chi connectivity index (χ4n) is 3.27. The summed E-state index contributed by atoms with van der Waals surface area (Å²) in [5.41, 5.74) is 4.05. The average molecular weight is 265 g/mol. The Morgan fingerprint density at radius 2 is 1.55 bits per heavy atom. The fourth-order valence-corrected chi connectivity index (χ4v) is 3.27. The molecule has 0 aliphatic heterocycles. The molecular weight excluding hydrogens is 242 g/mol. The van der Waals surface area contributed by atoms with E-state index in [0.717, 1.165) is 0 Å². The van der Waals surface area contributed by atoms with Crippen molar-refractivity contribution in [1.82, 2.24) is 0 Å². The van der Waals surface area contributed by atoms with Crippen molar-refractivity contribution in [3.05, 3.63) is 65.7 Å². The van der Waals surface area contributed by atoms with Gasteiger partial charge in [0, 0.05) is 17.6 Å². The fraction of sp³-hybridized carbons (Fsp3) is 0.368. The third-order valence-electron chi connectivity index (χ3n) is 4.40. The lowest BCUT2D eigenvalue weighted by molar-refractivity contribution is 0.405. The molecule has 104 valence electrons. The zero-order valence-electron chi connectivity index (χ0n) is 12.2. The van der Waals surface area contributed by atoms with Crippen LogP contribution in [0.3, 0.4) is 0 Å². The second kappa shape index (κ2) is 6.13. The summed E-state index contributed by atoms with van der Waals surface area (Å²) in [5.74, 6) is 0.645. The number of anilines is 1. The summed E-state index contributed by atoms with van der Waals surface area (Å²) < 4.78 is 0. The molecule has 1 fully saturated rings. The van der Waals surface area contributed by atoms with E-state index in [-0.39, 0.29) is 0 Å². The van der Waals surface area contributed by atoms with E-state index in [4.69, 9.17) is 0 Å². The zero-order chi connectivity index (χ0) is 13.8. The lowest BCUT2D eigenvalue weighted by Crippen LogP contribution is -2.30. The number of nitrogens with one attached hydrogen (secondary N) is 1. The molecule has 0 heterocycles. The van der Waals surface area contributed by atoms with Crippen LogP contribution in [-0.4, -0.2) is 6.04 Å². The number of hydrogen-bond acceptors (Lipinski definition) is 1. The standard InChI is InChI=1S/C19H23N/c1-15-11-13-17(14-12-15)20-19-10-6-5-9-18(19)16-7-3-2-4-8-16/h2-4,7-8,11-14,18-20H,5-6,9-10H2,1H3. The summed E-state index contributed by atoms with van der Waals surface area (Å²) in [6.07, 6.45) is 5.26. The van der Waals surface area contributed by atoms with Crippen molar-refractivity contribution < 1.29 is 0 Å². The lowest BCUT2D eigenvalue weighted by atomic mass is 9.80. The third kappa shape index (κ3) is 3.04. The van der Waals surface area contributed by atoms with Gasteiger partial charge in [0.15, 0.2) is 0 Å². The van der Waals surface area contributed by atoms with Gasteiger partial charge in [-0.3, -0.25) is 0 Å². The number of hydrogen-bond donors (Lipinski definition) is 1. The SMILES string of the molecule is Cc1ccc(NC2CCCCC2c2ccccc2)cc1. The molecule has 0 bridgehead atoms. The summed E-state index contributed by atoms with van der Waals surface area (Å²) in [5, 5.41) is 3.76. The van der Waals surface area contributed by atoms with Crippen LogP contribution in [0.5, 0.6) is 0 Å². The van der Waals surface area contributed by atoms with E-state index in [1.165, 1.54) is 42.5 Å². The van der Waals surface area contributed by atoms with Crippen LogP contribution in [0.2, 0.25) is 0 Å². The molecule has 0 spiro atoms. The molecule has 2 aromatic carbocycles. The molecule has 0 aromatic heterocycles. The van der Waals surface area contributed by atoms with Crippen molar-refractivity contribution in [2.24, 2.45) is 0 Å². The normalized spacial score (nSPS) is 22.4. The Bertz CT molecular complexity index is 529. The topological polar surface area (TPSA) is 12.0 Å². The summed E-state index contributed by atoms with van der Waals surface area (Å²) in [4.78, 5) is 0. The van der Waals surface area contributed by atoms with Crippen LogP contribution in [-0.2, 0) is 0 Å². The van der Waals surface area contributed by atoms with Gasteiger partial charge in [-0.2, -0.15) is 0 Å². The minimum absolute atomic E-state index is 0.564. The Morgan fingerprint density at radius 1 is 0.850 bits per heavy atom. The van der Waals surface area contributed by atoms with Crippen LogP contribution < -0.4 is 5.32 Å². The highest BCUT2D eigenvalue weighted by atomic mass is 14.9. The number of rotatable bonds is 3. The van der Waals surface area contributed by atoms with Gasteiger partial charge in [-0.15, -0.1) is 0 Å². The van der Waals surface area contributed by atoms with Crippen molar-refractivity contribution in [2.75, 3.05) is 5.32 Å². The van der Waals surface area contributed by atoms with Crippen molar-refractivity contribution in [2.45, 2.75) is 44.6 Å². The van der Waals surface area contributed by atoms with Crippen molar-refractivity contribution in [1.29, 1.82) is 0 Å². The Balaban J connectivity index is 1.77. The van der Waals surface area contributed by atoms with Crippen molar-refractivity contribution >= 4 is 5.69 Å². The molecule has 1 aliphatic carbocycles. The Morgan fingerprint density at radius 3 is 2.30 bits per heavy atom. The molecule has 2 aromatic rings. The van der Waals surface area contributed by atoms with E-state index in [2.05, 4.69) is 66.8 Å². The van der Waals surface area contributed by atoms with E-state index in [0.29, 0.717) is 12.0 Å². The van der Waals surface area contributed by atoms with Crippen LogP contribution in [0.1, 0.15) is 42.7 Å². The van der Waals surface area contributed by atoms with Gasteiger partial charge >= 0.3 is 0 Å². The highest BCUT2D eigenvalue weighted by molar-refractivity contribution is 5.46. The van der Waals surface area contributed by atoms with E-state index in [9.17, 15) is 0 Å². The van der Waals surface area contributed by atoms with Crippen LogP contribution in [0.25, 0.3) is 0 Å². The molecule has 1 N–H and O–H groups in total. The monoisotopic (exact) mass is 265 g/mol. The van der Waals surface area contributed by atoms with Gasteiger partial charge in [-0.25, -0.2) is 0 Å². The van der Waals surface area contributed by atoms with Gasteiger partial charge in [0.05, 0.1) is 0 Å². The van der Waals surface area contributed by atoms with Gasteiger partial charge in [0.2, 0.25) is 0 Å². The zero-order valence-corrected chi connectivity index (χ0v) is 12.2. The number of benzene rings is 2. The first kappa shape index (κ1) is 13.2. The maximum atomic E-state index is 3.76. The molecule has 1 heteroatoms. The summed E-state index contributed by atoms with van der Waals surface area (Å²) in [7, 11) is 0. The molecule has 2 unspecified atom stereocenters. The minimum Gasteiger partial charge on any atom is -0.382 e. The first-order valence-corrected chi connectivity index (χ1v) is 7.71. The quantitative estimate of drug-likeness (QED) is 0.811. The molecule has 0 radical (unpaired) electrons. The predicted molar refractivity (Wildman–Crippen MR) is 86.2 cm³/mol. The molecule has 0 saturated heterocycles. The maximum Gasteiger partial charge on any atom is 0.0342 e. The first-order valence-electron chi connectivity index (χ1n) is 7.71. The molecule has 20 heavy (non-hydrogen) atoms. The molecule has 3 rings (SSSR count). The van der Waals surface area contributed by atoms with Gasteiger partial charge in [0.25, 0.3) is 0 Å². The lowest BCUT2D eigenvalue weighted by Gasteiger charge is -2.33. The second-order valence-electron chi connectivity index (χ2n) is 5.92. The van der Waals surface area contributed by atoms with Gasteiger partial charge in [-0.05, 0) is 37.5 Å². The van der Waals surface area contributed by atoms with Crippen LogP contribution >= 0.6 is 0 Å². The van der Waals surface area contributed by atoms with E-state index < -0.39 is 0 Å². The van der Waals surface area contributed by atoms with E-state index in [1.54, 1.807) is 0 Å². The first-order chi connectivity index (χ1) is 9.83. The second-order valence-corrected chi connectivity index (χ2v) is 5.92. The van der Waals surface area contributed by atoms with Crippen LogP contribution in [0.4, 0.5) is 5.69 Å². The minimum atomic E-state index is 0.564. The summed E-state index contributed by atoms with van der Waals surface area (Å²) in [6.45, 7) is 2.14. The van der Waals surface area contributed by atoms with Crippen molar-refractivity contribution in [3.63, 3.8) is 0 Å². The van der Waals surface area contributed by atoms with Crippen LogP contribution in [0.15, 0.2) is 54.6 Å². The smallest absolute Gasteiger partial charge is 0.0342 e. The van der Waals surface area contributed by atoms with E-state index in [1.807, 2.05) is 0 Å². The summed E-state index contributed by atoms with van der Waals surface area (Å²) in [6, 6.07) is 20.3. The Hall–Kier alpha value is -1.76. The van der Waals surface area contributed by atoms with Gasteiger partial charge in [0.1, 0.15) is 0 Å². The highest BCUT2D eigenvalue weighted by Gasteiger charge is 2.26. The van der Waals surface area contributed by atoms with E-state index >= 15 is 0 Å². The van der Waals surface area contributed by atoms with Crippen molar-refractivity contribution in [3.8, 4) is 0 Å². The molecule has 1 aliphatic rings. The summed E-state index contributed by atoms with van der Waals surface area (Å²) >= 11 is 0. The third-order valence-corrected chi connectivity index (χ3v) is 4.40. The maximum absolute atomic E-state index is 3.76.